The SMILES string of the molecule is CCS(=O)(=O)N(C)CCC(C)Br. The summed E-state index contributed by atoms with van der Waals surface area (Å²) in [6.45, 7) is 4.25. The lowest BCUT2D eigenvalue weighted by atomic mass is 10.3. The molecule has 0 fully saturated rings. The predicted octanol–water partition coefficient (Wildman–Crippen LogP) is 1.44. The molecule has 0 bridgehead atoms. The zero-order valence-corrected chi connectivity index (χ0v) is 10.2. The lowest BCUT2D eigenvalue weighted by Gasteiger charge is -2.16. The van der Waals surface area contributed by atoms with E-state index in [1.54, 1.807) is 14.0 Å². The summed E-state index contributed by atoms with van der Waals surface area (Å²) < 4.78 is 23.9. The van der Waals surface area contributed by atoms with Crippen molar-refractivity contribution in [1.82, 2.24) is 4.31 Å². The summed E-state index contributed by atoms with van der Waals surface area (Å²) in [5.41, 5.74) is 0. The van der Waals surface area contributed by atoms with E-state index in [2.05, 4.69) is 15.9 Å². The van der Waals surface area contributed by atoms with Gasteiger partial charge in [0, 0.05) is 18.4 Å². The van der Waals surface area contributed by atoms with Gasteiger partial charge < -0.3 is 0 Å². The van der Waals surface area contributed by atoms with Crippen molar-refractivity contribution in [2.75, 3.05) is 19.3 Å². The molecular formula is C7H16BrNO2S. The third-order valence-corrected chi connectivity index (χ3v) is 4.00. The van der Waals surface area contributed by atoms with Gasteiger partial charge >= 0.3 is 0 Å². The zero-order valence-electron chi connectivity index (χ0n) is 7.75. The van der Waals surface area contributed by atoms with Gasteiger partial charge in [-0.15, -0.1) is 0 Å². The van der Waals surface area contributed by atoms with Gasteiger partial charge in [0.15, 0.2) is 0 Å². The summed E-state index contributed by atoms with van der Waals surface area (Å²) in [6.07, 6.45) is 0.843. The molecule has 0 N–H and O–H groups in total. The molecule has 0 heterocycles. The number of rotatable bonds is 5. The summed E-state index contributed by atoms with van der Waals surface area (Å²) in [5, 5.41) is 0. The van der Waals surface area contributed by atoms with Crippen LogP contribution in [0.15, 0.2) is 0 Å². The van der Waals surface area contributed by atoms with E-state index in [9.17, 15) is 8.42 Å². The summed E-state index contributed by atoms with van der Waals surface area (Å²) >= 11 is 3.37. The van der Waals surface area contributed by atoms with Gasteiger partial charge in [-0.3, -0.25) is 0 Å². The van der Waals surface area contributed by atoms with E-state index < -0.39 is 10.0 Å². The molecule has 1 unspecified atom stereocenters. The third kappa shape index (κ3) is 4.42. The molecule has 1 atom stereocenters. The minimum Gasteiger partial charge on any atom is -0.212 e. The van der Waals surface area contributed by atoms with Gasteiger partial charge in [-0.1, -0.05) is 22.9 Å². The molecule has 0 saturated carbocycles. The van der Waals surface area contributed by atoms with E-state index in [0.29, 0.717) is 11.4 Å². The fourth-order valence-corrected chi connectivity index (χ4v) is 1.75. The number of hydrogen-bond donors (Lipinski definition) is 0. The highest BCUT2D eigenvalue weighted by molar-refractivity contribution is 9.09. The fraction of sp³-hybridized carbons (Fsp3) is 1.00. The summed E-state index contributed by atoms with van der Waals surface area (Å²) in [5.74, 6) is 0.181. The Kier molecular flexibility index (Phi) is 5.36. The predicted molar refractivity (Wildman–Crippen MR) is 55.1 cm³/mol. The Hall–Kier alpha value is 0.390. The molecule has 0 amide bonds. The standard InChI is InChI=1S/C7H16BrNO2S/c1-4-12(10,11)9(3)6-5-7(2)8/h7H,4-6H2,1-3H3. The largest absolute Gasteiger partial charge is 0.213 e. The Balaban J connectivity index is 3.96. The van der Waals surface area contributed by atoms with Crippen molar-refractivity contribution >= 4 is 26.0 Å². The maximum atomic E-state index is 11.2. The van der Waals surface area contributed by atoms with E-state index in [-0.39, 0.29) is 5.75 Å². The van der Waals surface area contributed by atoms with Crippen LogP contribution in [0.1, 0.15) is 20.3 Å². The van der Waals surface area contributed by atoms with Crippen molar-refractivity contribution in [3.8, 4) is 0 Å². The smallest absolute Gasteiger partial charge is 0.212 e. The highest BCUT2D eigenvalue weighted by atomic mass is 79.9. The molecule has 0 saturated heterocycles. The van der Waals surface area contributed by atoms with E-state index in [1.807, 2.05) is 6.92 Å². The van der Waals surface area contributed by atoms with E-state index in [0.717, 1.165) is 6.42 Å². The average Bonchev–Trinajstić information content (AvgIpc) is 2.00. The zero-order chi connectivity index (χ0) is 9.78. The van der Waals surface area contributed by atoms with Gasteiger partial charge in [-0.2, -0.15) is 0 Å². The van der Waals surface area contributed by atoms with Crippen LogP contribution in [0, 0.1) is 0 Å². The second kappa shape index (κ2) is 5.19. The molecule has 0 aromatic heterocycles. The minimum atomic E-state index is -2.98. The molecule has 0 aliphatic carbocycles. The Morgan fingerprint density at radius 2 is 2.00 bits per heavy atom. The monoisotopic (exact) mass is 257 g/mol. The van der Waals surface area contributed by atoms with Gasteiger partial charge in [-0.05, 0) is 13.3 Å². The lowest BCUT2D eigenvalue weighted by molar-refractivity contribution is 0.463. The molecule has 0 spiro atoms. The number of hydrogen-bond acceptors (Lipinski definition) is 2. The second-order valence-electron chi connectivity index (χ2n) is 2.79. The number of nitrogens with zero attached hydrogens (tertiary/aromatic N) is 1. The number of sulfonamides is 1. The topological polar surface area (TPSA) is 37.4 Å². The van der Waals surface area contributed by atoms with Crippen molar-refractivity contribution in [2.45, 2.75) is 25.1 Å². The molecule has 5 heteroatoms. The van der Waals surface area contributed by atoms with Crippen LogP contribution in [-0.4, -0.2) is 36.9 Å². The number of halogens is 1. The van der Waals surface area contributed by atoms with Crippen molar-refractivity contribution in [1.29, 1.82) is 0 Å². The lowest BCUT2D eigenvalue weighted by Crippen LogP contribution is -2.30. The van der Waals surface area contributed by atoms with Crippen molar-refractivity contribution in [3.63, 3.8) is 0 Å². The molecule has 0 rings (SSSR count). The van der Waals surface area contributed by atoms with Crippen molar-refractivity contribution in [3.05, 3.63) is 0 Å². The van der Waals surface area contributed by atoms with Crippen molar-refractivity contribution in [2.24, 2.45) is 0 Å². The first kappa shape index (κ1) is 12.4. The molecule has 0 aromatic carbocycles. The van der Waals surface area contributed by atoms with E-state index in [1.165, 1.54) is 4.31 Å². The van der Waals surface area contributed by atoms with Gasteiger partial charge in [0.2, 0.25) is 10.0 Å². The molecule has 3 nitrogen and oxygen atoms in total. The molecule has 12 heavy (non-hydrogen) atoms. The van der Waals surface area contributed by atoms with Crippen LogP contribution in [0.25, 0.3) is 0 Å². The quantitative estimate of drug-likeness (QED) is 0.700. The molecule has 0 radical (unpaired) electrons. The highest BCUT2D eigenvalue weighted by Gasteiger charge is 2.14. The molecular weight excluding hydrogens is 242 g/mol. The van der Waals surface area contributed by atoms with Crippen LogP contribution in [0.5, 0.6) is 0 Å². The van der Waals surface area contributed by atoms with Crippen LogP contribution in [0.3, 0.4) is 0 Å². The normalized spacial score (nSPS) is 15.1. The molecule has 0 aliphatic heterocycles. The number of alkyl halides is 1. The van der Waals surface area contributed by atoms with Gasteiger partial charge in [0.25, 0.3) is 0 Å². The Morgan fingerprint density at radius 1 is 1.50 bits per heavy atom. The molecule has 0 aliphatic rings. The first-order valence-electron chi connectivity index (χ1n) is 3.98. The maximum absolute atomic E-state index is 11.2. The second-order valence-corrected chi connectivity index (χ2v) is 6.72. The first-order chi connectivity index (χ1) is 5.40. The van der Waals surface area contributed by atoms with Gasteiger partial charge in [0.1, 0.15) is 0 Å². The van der Waals surface area contributed by atoms with Crippen LogP contribution in [0.2, 0.25) is 0 Å². The summed E-state index contributed by atoms with van der Waals surface area (Å²) in [6, 6.07) is 0. The third-order valence-electron chi connectivity index (χ3n) is 1.68. The molecule has 0 aromatic rings. The highest BCUT2D eigenvalue weighted by Crippen LogP contribution is 2.06. The Labute approximate surface area is 83.3 Å². The Morgan fingerprint density at radius 3 is 2.33 bits per heavy atom. The summed E-state index contributed by atoms with van der Waals surface area (Å²) in [7, 11) is -1.36. The fourth-order valence-electron chi connectivity index (χ4n) is 0.719. The van der Waals surface area contributed by atoms with Crippen LogP contribution < -0.4 is 0 Å². The first-order valence-corrected chi connectivity index (χ1v) is 6.50. The maximum Gasteiger partial charge on any atom is 0.213 e. The molecule has 74 valence electrons. The van der Waals surface area contributed by atoms with E-state index in [4.69, 9.17) is 0 Å². The van der Waals surface area contributed by atoms with Crippen LogP contribution in [-0.2, 0) is 10.0 Å². The van der Waals surface area contributed by atoms with Crippen LogP contribution >= 0.6 is 15.9 Å². The van der Waals surface area contributed by atoms with Gasteiger partial charge in [-0.25, -0.2) is 12.7 Å². The minimum absolute atomic E-state index is 0.181. The van der Waals surface area contributed by atoms with Crippen molar-refractivity contribution < 1.29 is 8.42 Å². The average molecular weight is 258 g/mol. The van der Waals surface area contributed by atoms with E-state index >= 15 is 0 Å². The van der Waals surface area contributed by atoms with Crippen LogP contribution in [0.4, 0.5) is 0 Å². The van der Waals surface area contributed by atoms with Gasteiger partial charge in [0.05, 0.1) is 5.75 Å². The summed E-state index contributed by atoms with van der Waals surface area (Å²) in [4.78, 5) is 0.368. The Bertz CT molecular complexity index is 213.